The van der Waals surface area contributed by atoms with E-state index < -0.39 is 84.2 Å². The summed E-state index contributed by atoms with van der Waals surface area (Å²) < 4.78 is 56.0. The third-order valence-corrected chi connectivity index (χ3v) is 16.0. The van der Waals surface area contributed by atoms with E-state index in [4.69, 9.17) is 0 Å². The zero-order valence-electron chi connectivity index (χ0n) is 32.9. The molecule has 1 aliphatic heterocycles. The van der Waals surface area contributed by atoms with Gasteiger partial charge in [-0.1, -0.05) is 85.7 Å². The van der Waals surface area contributed by atoms with E-state index in [1.807, 2.05) is 34.6 Å². The van der Waals surface area contributed by atoms with Gasteiger partial charge in [0.15, 0.2) is 0 Å². The van der Waals surface area contributed by atoms with Crippen LogP contribution in [-0.2, 0) is 34.4 Å². The zero-order valence-corrected chi connectivity index (χ0v) is 35.3. The van der Waals surface area contributed by atoms with E-state index in [-0.39, 0.29) is 45.9 Å². The second kappa shape index (κ2) is 14.6. The molecule has 1 aromatic heterocycles. The summed E-state index contributed by atoms with van der Waals surface area (Å²) in [6, 6.07) is 7.16. The number of sulfonamides is 2. The third kappa shape index (κ3) is 8.35. The molecule has 3 aliphatic rings. The Hall–Kier alpha value is -3.80. The summed E-state index contributed by atoms with van der Waals surface area (Å²) in [5.41, 5.74) is -3.28. The van der Waals surface area contributed by atoms with Crippen LogP contribution in [0, 0.1) is 34.0 Å². The van der Waals surface area contributed by atoms with Crippen molar-refractivity contribution in [1.29, 1.82) is 0 Å². The number of carbonyl (C=O) groups is 4. The molecule has 0 radical (unpaired) electrons. The summed E-state index contributed by atoms with van der Waals surface area (Å²) >= 11 is 1.10. The fourth-order valence-electron chi connectivity index (χ4n) is 7.61. The van der Waals surface area contributed by atoms with Gasteiger partial charge in [-0.3, -0.25) is 14.4 Å². The highest BCUT2D eigenvalue weighted by Crippen LogP contribution is 2.65. The fraction of sp³-hybridized carbons (Fsp3) is 0.579. The van der Waals surface area contributed by atoms with Gasteiger partial charge in [0.05, 0.1) is 4.90 Å². The van der Waals surface area contributed by atoms with E-state index in [9.17, 15) is 36.0 Å². The number of nitrogens with zero attached hydrogens (tertiary/aromatic N) is 2. The molecule has 17 heteroatoms. The molecule has 2 saturated carbocycles. The number of benzene rings is 1. The van der Waals surface area contributed by atoms with Crippen molar-refractivity contribution in [3.8, 4) is 0 Å². The van der Waals surface area contributed by atoms with Crippen molar-refractivity contribution < 1.29 is 36.0 Å². The van der Waals surface area contributed by atoms with Gasteiger partial charge in [0.1, 0.15) is 21.8 Å². The standard InChI is InChI=1S/C38H54N6O8S3/c1-11-23-20-38(23,33(47)42-54(49,50)24-16-13-12-14-17-24)41-31(45)29-28-25(37(28,8)9)21-44(29)32(46)30(36(5,6)7)40-34(48)39-26(35(2,3)4)22-43(10)55(51,52)27-18-15-19-53-27/h11-19,23,25-26,28-30H,1,20-22H2,2-10H3,(H,41,45)(H,42,47)(H2,39,40,48)/t23?,25?,26-,28+,29+,30-,38-/m1/s1. The Labute approximate surface area is 329 Å². The summed E-state index contributed by atoms with van der Waals surface area (Å²) in [5, 5.41) is 10.3. The molecule has 4 N–H and O–H groups in total. The highest BCUT2D eigenvalue weighted by Gasteiger charge is 2.71. The average molecular weight is 819 g/mol. The van der Waals surface area contributed by atoms with Crippen molar-refractivity contribution in [2.45, 2.75) is 94.6 Å². The number of urea groups is 1. The quantitative estimate of drug-likeness (QED) is 0.221. The summed E-state index contributed by atoms with van der Waals surface area (Å²) in [4.78, 5) is 57.7. The molecule has 3 fully saturated rings. The lowest BCUT2D eigenvalue weighted by Crippen LogP contribution is -2.63. The van der Waals surface area contributed by atoms with E-state index in [2.05, 4.69) is 27.3 Å². The van der Waals surface area contributed by atoms with Crippen LogP contribution in [0.3, 0.4) is 0 Å². The predicted octanol–water partition coefficient (Wildman–Crippen LogP) is 3.55. The van der Waals surface area contributed by atoms with Gasteiger partial charge in [-0.25, -0.2) is 26.4 Å². The highest BCUT2D eigenvalue weighted by atomic mass is 32.2. The Morgan fingerprint density at radius 2 is 1.62 bits per heavy atom. The summed E-state index contributed by atoms with van der Waals surface area (Å²) in [7, 11) is -6.59. The van der Waals surface area contributed by atoms with Crippen LogP contribution in [0.4, 0.5) is 4.79 Å². The molecule has 1 saturated heterocycles. The van der Waals surface area contributed by atoms with Crippen LogP contribution in [0.5, 0.6) is 0 Å². The minimum Gasteiger partial charge on any atom is -0.339 e. The first-order valence-electron chi connectivity index (χ1n) is 18.2. The molecule has 2 unspecified atom stereocenters. The number of thiophene rings is 1. The van der Waals surface area contributed by atoms with Crippen LogP contribution in [0.15, 0.2) is 69.6 Å². The maximum absolute atomic E-state index is 14.6. The largest absolute Gasteiger partial charge is 0.339 e. The Bertz CT molecular complexity index is 2040. The van der Waals surface area contributed by atoms with Crippen LogP contribution in [0.1, 0.15) is 61.8 Å². The maximum Gasteiger partial charge on any atom is 0.315 e. The smallest absolute Gasteiger partial charge is 0.315 e. The highest BCUT2D eigenvalue weighted by molar-refractivity contribution is 7.91. The summed E-state index contributed by atoms with van der Waals surface area (Å²) in [5.74, 6) is -2.79. The summed E-state index contributed by atoms with van der Waals surface area (Å²) in [6.07, 6.45) is 1.62. The Kier molecular flexibility index (Phi) is 11.2. The van der Waals surface area contributed by atoms with Gasteiger partial charge in [-0.05, 0) is 58.1 Å². The zero-order chi connectivity index (χ0) is 41.1. The minimum atomic E-state index is -4.24. The number of likely N-dealkylation sites (tertiary alicyclic amines) is 1. The summed E-state index contributed by atoms with van der Waals surface area (Å²) in [6.45, 7) is 19.0. The number of rotatable bonds is 13. The molecule has 1 aromatic carbocycles. The van der Waals surface area contributed by atoms with Gasteiger partial charge in [-0.2, -0.15) is 4.31 Å². The van der Waals surface area contributed by atoms with Crippen molar-refractivity contribution in [3.63, 3.8) is 0 Å². The molecular weight excluding hydrogens is 765 g/mol. The Balaban J connectivity index is 1.35. The van der Waals surface area contributed by atoms with Gasteiger partial charge < -0.3 is 20.9 Å². The normalized spacial score (nSPS) is 25.6. The molecule has 2 aliphatic carbocycles. The SMILES string of the molecule is C=CC1C[C@]1(NC(=O)[C@@H]1[C@@H]2C(CN1C(=O)[C@@H](NC(=O)N[C@H](CN(C)S(=O)(=O)c1cccs1)C(C)(C)C)C(C)(C)C)C2(C)C)C(=O)NS(=O)(=O)c1ccccc1. The first kappa shape index (κ1) is 42.3. The van der Waals surface area contributed by atoms with E-state index >= 15 is 0 Å². The van der Waals surface area contributed by atoms with Crippen LogP contribution >= 0.6 is 11.3 Å². The first-order chi connectivity index (χ1) is 25.3. The molecule has 2 aromatic rings. The van der Waals surface area contributed by atoms with Crippen molar-refractivity contribution in [2.75, 3.05) is 20.1 Å². The lowest BCUT2D eigenvalue weighted by Gasteiger charge is -2.39. The fourth-order valence-corrected chi connectivity index (χ4v) is 11.1. The third-order valence-electron chi connectivity index (χ3n) is 11.4. The topological polar surface area (TPSA) is 191 Å². The molecule has 14 nitrogen and oxygen atoms in total. The monoisotopic (exact) mass is 818 g/mol. The number of carbonyl (C=O) groups excluding carboxylic acids is 4. The van der Waals surface area contributed by atoms with Crippen molar-refractivity contribution >= 4 is 55.1 Å². The van der Waals surface area contributed by atoms with E-state index in [1.165, 1.54) is 52.7 Å². The first-order valence-corrected chi connectivity index (χ1v) is 22.0. The lowest BCUT2D eigenvalue weighted by molar-refractivity contribution is -0.144. The Morgan fingerprint density at radius 1 is 0.982 bits per heavy atom. The molecule has 2 heterocycles. The minimum absolute atomic E-state index is 0.0228. The van der Waals surface area contributed by atoms with Gasteiger partial charge in [-0.15, -0.1) is 17.9 Å². The van der Waals surface area contributed by atoms with Gasteiger partial charge >= 0.3 is 6.03 Å². The Morgan fingerprint density at radius 3 is 2.15 bits per heavy atom. The van der Waals surface area contributed by atoms with E-state index in [0.717, 1.165) is 11.3 Å². The average Bonchev–Trinajstić information content (AvgIpc) is 3.62. The van der Waals surface area contributed by atoms with Gasteiger partial charge in [0.25, 0.3) is 26.0 Å². The van der Waals surface area contributed by atoms with Gasteiger partial charge in [0.2, 0.25) is 11.8 Å². The number of fused-ring (bicyclic) bond motifs is 1. The van der Waals surface area contributed by atoms with Crippen LogP contribution in [0.25, 0.3) is 0 Å². The number of hydrogen-bond donors (Lipinski definition) is 4. The number of amides is 5. The molecular formula is C38H54N6O8S3. The van der Waals surface area contributed by atoms with Crippen molar-refractivity contribution in [3.05, 3.63) is 60.5 Å². The predicted molar refractivity (Wildman–Crippen MR) is 209 cm³/mol. The number of nitrogens with one attached hydrogen (secondary N) is 4. The molecule has 5 amide bonds. The second-order valence-electron chi connectivity index (χ2n) is 17.7. The molecule has 0 bridgehead atoms. The van der Waals surface area contributed by atoms with Crippen LogP contribution in [0.2, 0.25) is 0 Å². The maximum atomic E-state index is 14.6. The van der Waals surface area contributed by atoms with Crippen molar-refractivity contribution in [2.24, 2.45) is 34.0 Å². The molecule has 7 atom stereocenters. The number of piperidine rings is 1. The van der Waals surface area contributed by atoms with Gasteiger partial charge in [0, 0.05) is 32.1 Å². The molecule has 0 spiro atoms. The van der Waals surface area contributed by atoms with E-state index in [1.54, 1.807) is 38.3 Å². The van der Waals surface area contributed by atoms with Crippen LogP contribution in [-0.4, -0.2) is 93.6 Å². The second-order valence-corrected chi connectivity index (χ2v) is 22.6. The number of hydrogen-bond acceptors (Lipinski definition) is 9. The molecule has 55 heavy (non-hydrogen) atoms. The number of likely N-dealkylation sites (N-methyl/N-ethyl adjacent to an activating group) is 1. The van der Waals surface area contributed by atoms with Crippen molar-refractivity contribution in [1.82, 2.24) is 29.9 Å². The molecule has 302 valence electrons. The molecule has 5 rings (SSSR count). The van der Waals surface area contributed by atoms with E-state index in [0.29, 0.717) is 0 Å². The van der Waals surface area contributed by atoms with Crippen LogP contribution < -0.4 is 20.7 Å². The lowest BCUT2D eigenvalue weighted by atomic mass is 9.85.